The highest BCUT2D eigenvalue weighted by atomic mass is 16.5. The summed E-state index contributed by atoms with van der Waals surface area (Å²) in [6.45, 7) is 3.11. The molecule has 0 aliphatic rings. The fraction of sp³-hybridized carbons (Fsp3) is 0.353. The van der Waals surface area contributed by atoms with Gasteiger partial charge in [-0.05, 0) is 37.3 Å². The monoisotopic (exact) mass is 331 g/mol. The number of aromatic nitrogens is 2. The van der Waals surface area contributed by atoms with E-state index in [2.05, 4.69) is 15.5 Å². The lowest BCUT2D eigenvalue weighted by Crippen LogP contribution is -2.31. The van der Waals surface area contributed by atoms with Crippen LogP contribution in [0.1, 0.15) is 6.92 Å². The van der Waals surface area contributed by atoms with Crippen molar-refractivity contribution < 1.29 is 19.0 Å². The molecule has 2 rings (SSSR count). The van der Waals surface area contributed by atoms with Gasteiger partial charge in [-0.2, -0.15) is 0 Å². The maximum Gasteiger partial charge on any atom is 0.246 e. The van der Waals surface area contributed by atoms with E-state index in [9.17, 15) is 4.79 Å². The SMILES string of the molecule is CCOCC(=O)NCCOc1ccc(-c2ccc(OC)cc2)nn1. The highest BCUT2D eigenvalue weighted by Gasteiger charge is 2.03. The van der Waals surface area contributed by atoms with Gasteiger partial charge in [-0.15, -0.1) is 10.2 Å². The molecule has 128 valence electrons. The molecule has 0 spiro atoms. The highest BCUT2D eigenvalue weighted by molar-refractivity contribution is 5.77. The molecule has 0 saturated heterocycles. The number of amides is 1. The van der Waals surface area contributed by atoms with Crippen molar-refractivity contribution in [3.8, 4) is 22.9 Å². The summed E-state index contributed by atoms with van der Waals surface area (Å²) in [5, 5.41) is 10.8. The van der Waals surface area contributed by atoms with Crippen LogP contribution in [0.2, 0.25) is 0 Å². The zero-order valence-electron chi connectivity index (χ0n) is 13.8. The van der Waals surface area contributed by atoms with Gasteiger partial charge in [0.1, 0.15) is 19.0 Å². The molecule has 0 fully saturated rings. The van der Waals surface area contributed by atoms with Crippen LogP contribution in [0.3, 0.4) is 0 Å². The molecule has 0 bridgehead atoms. The topological polar surface area (TPSA) is 82.6 Å². The first-order valence-electron chi connectivity index (χ1n) is 7.68. The Kier molecular flexibility index (Phi) is 6.97. The summed E-state index contributed by atoms with van der Waals surface area (Å²) >= 11 is 0. The second-order valence-electron chi connectivity index (χ2n) is 4.82. The van der Waals surface area contributed by atoms with Gasteiger partial charge in [0.2, 0.25) is 11.8 Å². The first-order valence-corrected chi connectivity index (χ1v) is 7.68. The maximum absolute atomic E-state index is 11.3. The zero-order valence-corrected chi connectivity index (χ0v) is 13.8. The van der Waals surface area contributed by atoms with Gasteiger partial charge >= 0.3 is 0 Å². The van der Waals surface area contributed by atoms with E-state index < -0.39 is 0 Å². The molecular weight excluding hydrogens is 310 g/mol. The zero-order chi connectivity index (χ0) is 17.2. The van der Waals surface area contributed by atoms with Gasteiger partial charge in [0.05, 0.1) is 19.3 Å². The summed E-state index contributed by atoms with van der Waals surface area (Å²) in [6.07, 6.45) is 0. The smallest absolute Gasteiger partial charge is 0.246 e. The third-order valence-electron chi connectivity index (χ3n) is 3.14. The molecule has 2 aromatic rings. The molecule has 7 nitrogen and oxygen atoms in total. The van der Waals surface area contributed by atoms with E-state index in [1.54, 1.807) is 13.2 Å². The molecule has 7 heteroatoms. The Balaban J connectivity index is 1.78. The molecule has 1 N–H and O–H groups in total. The molecule has 0 unspecified atom stereocenters. The number of carbonyl (C=O) groups excluding carboxylic acids is 1. The Hall–Kier alpha value is -2.67. The molecule has 0 atom stereocenters. The third-order valence-corrected chi connectivity index (χ3v) is 3.14. The fourth-order valence-electron chi connectivity index (χ4n) is 1.90. The van der Waals surface area contributed by atoms with E-state index >= 15 is 0 Å². The van der Waals surface area contributed by atoms with Gasteiger partial charge in [0.15, 0.2) is 0 Å². The number of carbonyl (C=O) groups is 1. The molecule has 1 aromatic heterocycles. The summed E-state index contributed by atoms with van der Waals surface area (Å²) in [5.74, 6) is 1.03. The van der Waals surface area contributed by atoms with Crippen LogP contribution < -0.4 is 14.8 Å². The average Bonchev–Trinajstić information content (AvgIpc) is 2.64. The van der Waals surface area contributed by atoms with Crippen LogP contribution in [-0.4, -0.2) is 49.6 Å². The number of nitrogens with one attached hydrogen (secondary N) is 1. The van der Waals surface area contributed by atoms with E-state index in [1.165, 1.54) is 0 Å². The minimum atomic E-state index is -0.165. The normalized spacial score (nSPS) is 10.2. The van der Waals surface area contributed by atoms with Crippen molar-refractivity contribution in [2.45, 2.75) is 6.92 Å². The van der Waals surface area contributed by atoms with Gasteiger partial charge in [-0.1, -0.05) is 0 Å². The standard InChI is InChI=1S/C17H21N3O4/c1-3-23-12-16(21)18-10-11-24-17-9-8-15(19-20-17)13-4-6-14(22-2)7-5-13/h4-9H,3,10-12H2,1-2H3,(H,18,21). The second-order valence-corrected chi connectivity index (χ2v) is 4.82. The third kappa shape index (κ3) is 5.51. The molecule has 0 aliphatic heterocycles. The van der Waals surface area contributed by atoms with Crippen molar-refractivity contribution in [2.75, 3.05) is 33.5 Å². The van der Waals surface area contributed by atoms with Crippen molar-refractivity contribution >= 4 is 5.91 Å². The Morgan fingerprint density at radius 1 is 1.12 bits per heavy atom. The van der Waals surface area contributed by atoms with Crippen LogP contribution in [0.4, 0.5) is 0 Å². The average molecular weight is 331 g/mol. The summed E-state index contributed by atoms with van der Waals surface area (Å²) in [5.41, 5.74) is 1.69. The van der Waals surface area contributed by atoms with E-state index in [0.29, 0.717) is 25.6 Å². The molecule has 24 heavy (non-hydrogen) atoms. The summed E-state index contributed by atoms with van der Waals surface area (Å²) in [4.78, 5) is 11.3. The minimum absolute atomic E-state index is 0.0624. The number of ether oxygens (including phenoxy) is 3. The van der Waals surface area contributed by atoms with Crippen molar-refractivity contribution in [1.29, 1.82) is 0 Å². The van der Waals surface area contributed by atoms with Crippen LogP contribution in [-0.2, 0) is 9.53 Å². The fourth-order valence-corrected chi connectivity index (χ4v) is 1.90. The molecule has 0 aliphatic carbocycles. The first kappa shape index (κ1) is 17.7. The largest absolute Gasteiger partial charge is 0.497 e. The van der Waals surface area contributed by atoms with E-state index in [1.807, 2.05) is 37.3 Å². The Bertz CT molecular complexity index is 629. The van der Waals surface area contributed by atoms with E-state index in [-0.39, 0.29) is 12.5 Å². The lowest BCUT2D eigenvalue weighted by Gasteiger charge is -2.07. The lowest BCUT2D eigenvalue weighted by molar-refractivity contribution is -0.125. The van der Waals surface area contributed by atoms with Gasteiger partial charge in [-0.3, -0.25) is 4.79 Å². The van der Waals surface area contributed by atoms with Crippen molar-refractivity contribution in [3.05, 3.63) is 36.4 Å². The molecule has 0 saturated carbocycles. The van der Waals surface area contributed by atoms with Gasteiger partial charge in [0.25, 0.3) is 0 Å². The summed E-state index contributed by atoms with van der Waals surface area (Å²) < 4.78 is 15.6. The molecule has 1 heterocycles. The summed E-state index contributed by atoms with van der Waals surface area (Å²) in [7, 11) is 1.63. The van der Waals surface area contributed by atoms with Crippen LogP contribution in [0.25, 0.3) is 11.3 Å². The Morgan fingerprint density at radius 2 is 1.92 bits per heavy atom. The second kappa shape index (κ2) is 9.46. The Labute approximate surface area is 141 Å². The van der Waals surface area contributed by atoms with Crippen LogP contribution >= 0.6 is 0 Å². The Morgan fingerprint density at radius 3 is 2.54 bits per heavy atom. The van der Waals surface area contributed by atoms with E-state index in [0.717, 1.165) is 17.0 Å². The van der Waals surface area contributed by atoms with Gasteiger partial charge in [-0.25, -0.2) is 0 Å². The maximum atomic E-state index is 11.3. The van der Waals surface area contributed by atoms with Crippen LogP contribution in [0, 0.1) is 0 Å². The number of nitrogens with zero attached hydrogens (tertiary/aromatic N) is 2. The van der Waals surface area contributed by atoms with E-state index in [4.69, 9.17) is 14.2 Å². The predicted octanol–water partition coefficient (Wildman–Crippen LogP) is 1.68. The number of hydrogen-bond acceptors (Lipinski definition) is 6. The van der Waals surface area contributed by atoms with Gasteiger partial charge < -0.3 is 19.5 Å². The first-order chi connectivity index (χ1) is 11.7. The highest BCUT2D eigenvalue weighted by Crippen LogP contribution is 2.20. The van der Waals surface area contributed by atoms with Crippen molar-refractivity contribution in [1.82, 2.24) is 15.5 Å². The molecule has 1 aromatic carbocycles. The van der Waals surface area contributed by atoms with Crippen molar-refractivity contribution in [2.24, 2.45) is 0 Å². The molecule has 0 radical (unpaired) electrons. The molecular formula is C17H21N3O4. The van der Waals surface area contributed by atoms with Crippen molar-refractivity contribution in [3.63, 3.8) is 0 Å². The number of methoxy groups -OCH3 is 1. The summed E-state index contributed by atoms with van der Waals surface area (Å²) in [6, 6.07) is 11.1. The van der Waals surface area contributed by atoms with Gasteiger partial charge in [0, 0.05) is 18.2 Å². The van der Waals surface area contributed by atoms with Crippen LogP contribution in [0.15, 0.2) is 36.4 Å². The molecule has 1 amide bonds. The number of benzene rings is 1. The lowest BCUT2D eigenvalue weighted by atomic mass is 10.1. The quantitative estimate of drug-likeness (QED) is 0.704. The van der Waals surface area contributed by atoms with Crippen LogP contribution in [0.5, 0.6) is 11.6 Å². The predicted molar refractivity (Wildman–Crippen MR) is 89.0 cm³/mol. The number of rotatable bonds is 9. The number of hydrogen-bond donors (Lipinski definition) is 1. The minimum Gasteiger partial charge on any atom is -0.497 e.